The number of nitrogen functional groups attached to an aromatic ring is 1. The van der Waals surface area contributed by atoms with Gasteiger partial charge in [0.25, 0.3) is 0 Å². The lowest BCUT2D eigenvalue weighted by molar-refractivity contribution is 0.103. The first-order valence-electron chi connectivity index (χ1n) is 11.2. The van der Waals surface area contributed by atoms with Crippen LogP contribution in [0.5, 0.6) is 0 Å². The first-order chi connectivity index (χ1) is 17.9. The Labute approximate surface area is 240 Å². The van der Waals surface area contributed by atoms with Gasteiger partial charge in [0.2, 0.25) is 15.8 Å². The highest BCUT2D eigenvalue weighted by Crippen LogP contribution is 2.42. The summed E-state index contributed by atoms with van der Waals surface area (Å²) in [5, 5.41) is 0.706. The second kappa shape index (κ2) is 11.9. The van der Waals surface area contributed by atoms with Crippen LogP contribution in [0.25, 0.3) is 11.1 Å². The number of hydrogen-bond donors (Lipinski definition) is 1. The molecule has 198 valence electrons. The number of carbonyl (C=O) groups excluding carboxylic acids is 2. The van der Waals surface area contributed by atoms with Crippen molar-refractivity contribution in [3.8, 4) is 11.1 Å². The van der Waals surface area contributed by atoms with Crippen LogP contribution in [0.15, 0.2) is 66.7 Å². The quantitative estimate of drug-likeness (QED) is 0.226. The summed E-state index contributed by atoms with van der Waals surface area (Å²) in [5.74, 6) is -1.81. The van der Waals surface area contributed by atoms with Crippen molar-refractivity contribution in [2.75, 3.05) is 12.0 Å². The average molecular weight is 612 g/mol. The summed E-state index contributed by atoms with van der Waals surface area (Å²) >= 11 is 24.7. The zero-order chi connectivity index (χ0) is 28.4. The van der Waals surface area contributed by atoms with Crippen LogP contribution < -0.4 is 5.73 Å². The minimum Gasteiger partial charge on any atom is -0.384 e. The van der Waals surface area contributed by atoms with E-state index in [0.29, 0.717) is 9.00 Å². The van der Waals surface area contributed by atoms with Gasteiger partial charge in [0.1, 0.15) is 11.5 Å². The molecule has 0 bridgehead atoms. The number of nitrogens with two attached hydrogens (primary N) is 1. The monoisotopic (exact) mass is 610 g/mol. The summed E-state index contributed by atoms with van der Waals surface area (Å²) in [6, 6.07) is 16.6. The number of rotatable bonds is 6. The summed E-state index contributed by atoms with van der Waals surface area (Å²) < 4.78 is 26.5. The molecule has 0 radical (unpaired) electrons. The average Bonchev–Trinajstić information content (AvgIpc) is 3.19. The van der Waals surface area contributed by atoms with Crippen molar-refractivity contribution < 1.29 is 18.0 Å². The Morgan fingerprint density at radius 1 is 0.763 bits per heavy atom. The lowest BCUT2D eigenvalue weighted by Gasteiger charge is -2.12. The van der Waals surface area contributed by atoms with E-state index in [1.807, 2.05) is 13.8 Å². The summed E-state index contributed by atoms with van der Waals surface area (Å²) in [5.41, 5.74) is 6.14. The summed E-state index contributed by atoms with van der Waals surface area (Å²) in [6.07, 6.45) is 0.881. The number of aromatic nitrogens is 1. The van der Waals surface area contributed by atoms with Gasteiger partial charge < -0.3 is 5.73 Å². The second-order valence-electron chi connectivity index (χ2n) is 7.79. The van der Waals surface area contributed by atoms with Gasteiger partial charge in [-0.25, -0.2) is 12.4 Å². The van der Waals surface area contributed by atoms with Gasteiger partial charge in [-0.3, -0.25) is 9.59 Å². The largest absolute Gasteiger partial charge is 0.384 e. The van der Waals surface area contributed by atoms with Gasteiger partial charge in [-0.05, 0) is 30.3 Å². The maximum atomic E-state index is 13.8. The lowest BCUT2D eigenvalue weighted by atomic mass is 9.93. The standard InChI is InChI=1S/C25H16Cl4N2O4S.C2H6/c1-36(34,35)31-22(24(33)13-5-3-2-4-6-13)20(16-9-8-15(26)12-18(16)28)21(25(31)30)23(32)14-7-10-17(27)19(29)11-14;1-2/h2-12H,30H2,1H3;1-2H3. The number of carbonyl (C=O) groups is 2. The number of ketones is 2. The van der Waals surface area contributed by atoms with E-state index in [4.69, 9.17) is 52.1 Å². The van der Waals surface area contributed by atoms with E-state index in [9.17, 15) is 18.0 Å². The van der Waals surface area contributed by atoms with Crippen molar-refractivity contribution in [3.63, 3.8) is 0 Å². The summed E-state index contributed by atoms with van der Waals surface area (Å²) in [7, 11) is -4.18. The molecule has 0 spiro atoms. The molecule has 0 aliphatic carbocycles. The third-order valence-electron chi connectivity index (χ3n) is 5.36. The van der Waals surface area contributed by atoms with Gasteiger partial charge in [-0.1, -0.05) is 96.6 Å². The fraction of sp³-hybridized carbons (Fsp3) is 0.111. The van der Waals surface area contributed by atoms with Gasteiger partial charge in [0.15, 0.2) is 5.78 Å². The molecule has 0 aliphatic heterocycles. The third kappa shape index (κ3) is 5.77. The molecule has 38 heavy (non-hydrogen) atoms. The molecule has 0 saturated carbocycles. The Bertz CT molecular complexity index is 1650. The minimum atomic E-state index is -4.18. The molecule has 2 N–H and O–H groups in total. The fourth-order valence-electron chi connectivity index (χ4n) is 3.81. The molecular formula is C27H22Cl4N2O4S. The van der Waals surface area contributed by atoms with Crippen molar-refractivity contribution in [2.45, 2.75) is 13.8 Å². The molecule has 0 amide bonds. The van der Waals surface area contributed by atoms with E-state index in [0.717, 1.165) is 6.26 Å². The molecule has 1 heterocycles. The zero-order valence-corrected chi connectivity index (χ0v) is 24.3. The normalized spacial score (nSPS) is 11.0. The van der Waals surface area contributed by atoms with Crippen molar-refractivity contribution >= 4 is 73.8 Å². The number of halogens is 4. The van der Waals surface area contributed by atoms with E-state index >= 15 is 0 Å². The predicted molar refractivity (Wildman–Crippen MR) is 156 cm³/mol. The minimum absolute atomic E-state index is 0.0514. The maximum Gasteiger partial charge on any atom is 0.237 e. The highest BCUT2D eigenvalue weighted by molar-refractivity contribution is 7.89. The van der Waals surface area contributed by atoms with E-state index in [1.165, 1.54) is 48.5 Å². The van der Waals surface area contributed by atoms with Crippen LogP contribution in [0.4, 0.5) is 5.82 Å². The molecule has 11 heteroatoms. The van der Waals surface area contributed by atoms with Crippen LogP contribution in [-0.2, 0) is 10.0 Å². The Hall–Kier alpha value is -2.81. The molecule has 4 aromatic rings. The van der Waals surface area contributed by atoms with E-state index < -0.39 is 27.4 Å². The van der Waals surface area contributed by atoms with Gasteiger partial charge in [0, 0.05) is 32.3 Å². The third-order valence-corrected chi connectivity index (χ3v) is 7.69. The first-order valence-corrected chi connectivity index (χ1v) is 14.6. The Kier molecular flexibility index (Phi) is 9.34. The number of hydrogen-bond acceptors (Lipinski definition) is 5. The fourth-order valence-corrected chi connectivity index (χ4v) is 5.57. The van der Waals surface area contributed by atoms with Crippen LogP contribution in [0.2, 0.25) is 20.1 Å². The maximum absolute atomic E-state index is 13.8. The zero-order valence-electron chi connectivity index (χ0n) is 20.4. The molecule has 4 rings (SSSR count). The first kappa shape index (κ1) is 29.7. The predicted octanol–water partition coefficient (Wildman–Crippen LogP) is 7.65. The van der Waals surface area contributed by atoms with Crippen LogP contribution in [0, 0.1) is 0 Å². The van der Waals surface area contributed by atoms with Crippen LogP contribution >= 0.6 is 46.4 Å². The van der Waals surface area contributed by atoms with Crippen LogP contribution in [0.1, 0.15) is 45.8 Å². The number of anilines is 1. The van der Waals surface area contributed by atoms with Gasteiger partial charge in [-0.2, -0.15) is 0 Å². The highest BCUT2D eigenvalue weighted by Gasteiger charge is 2.35. The molecule has 0 fully saturated rings. The van der Waals surface area contributed by atoms with Crippen molar-refractivity contribution in [2.24, 2.45) is 0 Å². The van der Waals surface area contributed by atoms with Crippen LogP contribution in [-0.4, -0.2) is 30.2 Å². The van der Waals surface area contributed by atoms with Crippen molar-refractivity contribution in [1.29, 1.82) is 0 Å². The topological polar surface area (TPSA) is 99.2 Å². The van der Waals surface area contributed by atoms with Crippen molar-refractivity contribution in [3.05, 3.63) is 109 Å². The Balaban J connectivity index is 0.00000195. The van der Waals surface area contributed by atoms with Gasteiger partial charge in [-0.15, -0.1) is 0 Å². The molecule has 0 atom stereocenters. The number of nitrogens with zero attached hydrogens (tertiary/aromatic N) is 1. The molecule has 1 aromatic heterocycles. The molecule has 3 aromatic carbocycles. The summed E-state index contributed by atoms with van der Waals surface area (Å²) in [4.78, 5) is 27.5. The molecule has 0 aliphatic rings. The molecule has 6 nitrogen and oxygen atoms in total. The van der Waals surface area contributed by atoms with Gasteiger partial charge in [0.05, 0.1) is 21.9 Å². The van der Waals surface area contributed by atoms with E-state index in [2.05, 4.69) is 0 Å². The summed E-state index contributed by atoms with van der Waals surface area (Å²) in [6.45, 7) is 4.00. The van der Waals surface area contributed by atoms with E-state index in [-0.39, 0.29) is 48.6 Å². The smallest absolute Gasteiger partial charge is 0.237 e. The van der Waals surface area contributed by atoms with E-state index in [1.54, 1.807) is 18.2 Å². The highest BCUT2D eigenvalue weighted by atomic mass is 35.5. The molecule has 0 unspecified atom stereocenters. The lowest BCUT2D eigenvalue weighted by Crippen LogP contribution is -2.20. The molecular weight excluding hydrogens is 590 g/mol. The van der Waals surface area contributed by atoms with Crippen molar-refractivity contribution in [1.82, 2.24) is 3.97 Å². The Morgan fingerprint density at radius 2 is 1.39 bits per heavy atom. The molecule has 0 saturated heterocycles. The van der Waals surface area contributed by atoms with Crippen LogP contribution in [0.3, 0.4) is 0 Å². The second-order valence-corrected chi connectivity index (χ2v) is 11.3. The number of benzene rings is 3. The SMILES string of the molecule is CC.CS(=O)(=O)n1c(N)c(C(=O)c2ccc(Cl)c(Cl)c2)c(-c2ccc(Cl)cc2Cl)c1C(=O)c1ccccc1. The van der Waals surface area contributed by atoms with Gasteiger partial charge >= 0.3 is 0 Å². The Morgan fingerprint density at radius 3 is 1.95 bits per heavy atom.